The maximum atomic E-state index is 6.74. The van der Waals surface area contributed by atoms with E-state index in [1.54, 1.807) is 0 Å². The molecule has 1 aliphatic rings. The lowest BCUT2D eigenvalue weighted by molar-refractivity contribution is 0.660. The fourth-order valence-electron chi connectivity index (χ4n) is 12.1. The first-order valence-electron chi connectivity index (χ1n) is 25.1. The first kappa shape index (κ1) is 41.4. The molecule has 4 nitrogen and oxygen atoms in total. The molecule has 3 heterocycles. The van der Waals surface area contributed by atoms with Crippen molar-refractivity contribution in [3.05, 3.63) is 254 Å². The van der Waals surface area contributed by atoms with Gasteiger partial charge in [0, 0.05) is 55.0 Å². The Morgan fingerprint density at radius 3 is 1.77 bits per heavy atom. The summed E-state index contributed by atoms with van der Waals surface area (Å²) in [5.74, 6) is 0. The lowest BCUT2D eigenvalue weighted by Gasteiger charge is -2.27. The summed E-state index contributed by atoms with van der Waals surface area (Å²) in [6, 6.07) is 87.8. The molecule has 4 heteroatoms. The third-order valence-electron chi connectivity index (χ3n) is 15.6. The van der Waals surface area contributed by atoms with Crippen molar-refractivity contribution in [2.75, 3.05) is 4.90 Å². The van der Waals surface area contributed by atoms with Gasteiger partial charge in [-0.1, -0.05) is 166 Å². The van der Waals surface area contributed by atoms with E-state index in [0.717, 1.165) is 88.9 Å². The number of aromatic nitrogens is 1. The van der Waals surface area contributed by atoms with Gasteiger partial charge >= 0.3 is 0 Å². The normalized spacial score (nSPS) is 12.9. The summed E-state index contributed by atoms with van der Waals surface area (Å²) >= 11 is 0. The van der Waals surface area contributed by atoms with Crippen LogP contribution >= 0.6 is 0 Å². The van der Waals surface area contributed by atoms with Crippen LogP contribution in [0.25, 0.3) is 116 Å². The molecule has 15 rings (SSSR count). The second kappa shape index (κ2) is 15.8. The molecular formula is C69H46N2O2. The van der Waals surface area contributed by atoms with Gasteiger partial charge in [0.25, 0.3) is 0 Å². The monoisotopic (exact) mass is 934 g/mol. The Hall–Kier alpha value is -9.38. The third-order valence-corrected chi connectivity index (χ3v) is 15.6. The molecule has 0 spiro atoms. The molecule has 0 saturated carbocycles. The van der Waals surface area contributed by atoms with Crippen LogP contribution in [-0.4, -0.2) is 4.57 Å². The summed E-state index contributed by atoms with van der Waals surface area (Å²) in [4.78, 5) is 2.38. The van der Waals surface area contributed by atoms with E-state index in [4.69, 9.17) is 8.83 Å². The fraction of sp³-hybridized carbons (Fsp3) is 0.0435. The number of para-hydroxylation sites is 4. The highest BCUT2D eigenvalue weighted by molar-refractivity contribution is 6.15. The molecule has 0 atom stereocenters. The minimum Gasteiger partial charge on any atom is -0.456 e. The summed E-state index contributed by atoms with van der Waals surface area (Å²) in [6.45, 7) is 4.69. The van der Waals surface area contributed by atoms with Gasteiger partial charge in [-0.05, 0) is 141 Å². The largest absolute Gasteiger partial charge is 0.456 e. The van der Waals surface area contributed by atoms with E-state index in [-0.39, 0.29) is 5.41 Å². The lowest BCUT2D eigenvalue weighted by Crippen LogP contribution is -2.14. The number of benzene rings is 11. The molecule has 1 aliphatic carbocycles. The van der Waals surface area contributed by atoms with Gasteiger partial charge in [-0.3, -0.25) is 0 Å². The Morgan fingerprint density at radius 2 is 0.932 bits per heavy atom. The van der Waals surface area contributed by atoms with Crippen molar-refractivity contribution < 1.29 is 8.83 Å². The van der Waals surface area contributed by atoms with Gasteiger partial charge in [0.1, 0.15) is 22.3 Å². The lowest BCUT2D eigenvalue weighted by atomic mass is 9.81. The van der Waals surface area contributed by atoms with Crippen LogP contribution in [0.1, 0.15) is 25.0 Å². The minimum atomic E-state index is -0.0811. The third kappa shape index (κ3) is 6.33. The van der Waals surface area contributed by atoms with Crippen LogP contribution in [0.15, 0.2) is 251 Å². The molecule has 73 heavy (non-hydrogen) atoms. The second-order valence-electron chi connectivity index (χ2n) is 20.0. The number of nitrogens with zero attached hydrogens (tertiary/aromatic N) is 2. The predicted octanol–water partition coefficient (Wildman–Crippen LogP) is 19.4. The number of fused-ring (bicyclic) bond motifs is 12. The van der Waals surface area contributed by atoms with E-state index in [9.17, 15) is 0 Å². The molecule has 0 radical (unpaired) electrons. The van der Waals surface area contributed by atoms with E-state index in [0.29, 0.717) is 0 Å². The molecule has 344 valence electrons. The average molecular weight is 935 g/mol. The number of furan rings is 2. The SMILES string of the molecule is CC1(C)c2ccccc2-c2ccc(-c3ccc(N(c4ccc(-c5cccc6c5oc5ccccc56)cc4)c4cccc5oc6ccc(-c7ccc8c(c7)c7ccccc7n8-c7ccccc7)cc6c45)cc3)cc21. The average Bonchev–Trinajstić information content (AvgIpc) is 4.20. The van der Waals surface area contributed by atoms with Crippen LogP contribution in [0.2, 0.25) is 0 Å². The Bertz CT molecular complexity index is 4510. The predicted molar refractivity (Wildman–Crippen MR) is 304 cm³/mol. The maximum absolute atomic E-state index is 6.74. The highest BCUT2D eigenvalue weighted by atomic mass is 16.3. The zero-order chi connectivity index (χ0) is 48.4. The molecule has 0 bridgehead atoms. The zero-order valence-corrected chi connectivity index (χ0v) is 40.3. The molecule has 0 aliphatic heterocycles. The van der Waals surface area contributed by atoms with Crippen molar-refractivity contribution in [3.63, 3.8) is 0 Å². The van der Waals surface area contributed by atoms with E-state index >= 15 is 0 Å². The van der Waals surface area contributed by atoms with Crippen molar-refractivity contribution in [2.24, 2.45) is 0 Å². The van der Waals surface area contributed by atoms with Gasteiger partial charge < -0.3 is 18.3 Å². The van der Waals surface area contributed by atoms with Crippen LogP contribution in [0.5, 0.6) is 0 Å². The van der Waals surface area contributed by atoms with E-state index in [1.807, 2.05) is 12.1 Å². The second-order valence-corrected chi connectivity index (χ2v) is 20.0. The molecular weight excluding hydrogens is 889 g/mol. The molecule has 0 unspecified atom stereocenters. The molecule has 0 amide bonds. The van der Waals surface area contributed by atoms with Crippen molar-refractivity contribution in [3.8, 4) is 50.2 Å². The van der Waals surface area contributed by atoms with Crippen LogP contribution in [0.4, 0.5) is 17.1 Å². The number of hydrogen-bond acceptors (Lipinski definition) is 3. The molecule has 0 fully saturated rings. The Morgan fingerprint density at radius 1 is 0.356 bits per heavy atom. The number of rotatable bonds is 7. The summed E-state index contributed by atoms with van der Waals surface area (Å²) in [5.41, 5.74) is 22.3. The highest BCUT2D eigenvalue weighted by Gasteiger charge is 2.35. The summed E-state index contributed by atoms with van der Waals surface area (Å²) in [5, 5.41) is 6.81. The molecule has 0 saturated heterocycles. The Labute approximate surface area is 422 Å². The first-order valence-corrected chi connectivity index (χ1v) is 25.1. The maximum Gasteiger partial charge on any atom is 0.143 e. The van der Waals surface area contributed by atoms with E-state index < -0.39 is 0 Å². The van der Waals surface area contributed by atoms with Gasteiger partial charge in [0.2, 0.25) is 0 Å². The topological polar surface area (TPSA) is 34.5 Å². The summed E-state index contributed by atoms with van der Waals surface area (Å²) in [7, 11) is 0. The van der Waals surface area contributed by atoms with Crippen molar-refractivity contribution in [1.82, 2.24) is 4.57 Å². The molecule has 11 aromatic carbocycles. The Kier molecular flexibility index (Phi) is 8.97. The minimum absolute atomic E-state index is 0.0811. The van der Waals surface area contributed by atoms with Crippen LogP contribution < -0.4 is 4.90 Å². The van der Waals surface area contributed by atoms with Crippen molar-refractivity contribution >= 4 is 82.7 Å². The smallest absolute Gasteiger partial charge is 0.143 e. The van der Waals surface area contributed by atoms with E-state index in [2.05, 4.69) is 254 Å². The summed E-state index contributed by atoms with van der Waals surface area (Å²) in [6.07, 6.45) is 0. The number of anilines is 3. The highest BCUT2D eigenvalue weighted by Crippen LogP contribution is 2.50. The fourth-order valence-corrected chi connectivity index (χ4v) is 12.1. The van der Waals surface area contributed by atoms with Gasteiger partial charge in [-0.15, -0.1) is 0 Å². The molecule has 0 N–H and O–H groups in total. The van der Waals surface area contributed by atoms with Crippen LogP contribution in [-0.2, 0) is 5.41 Å². The standard InChI is InChI=1S/C69H46N2O2/c1-69(2)59-21-9-6-16-52(59)53-37-30-47(42-60(53)69)43-26-33-49(34-27-43)70(50-35-28-44(29-36-50)51-19-12-20-56-55-18-8-11-24-64(55)73-68(51)56)63-23-13-25-66-67(63)58-41-46(32-39-65(58)72-66)45-31-38-62-57(40-45)54-17-7-10-22-61(54)71(62)48-14-4-3-5-15-48/h3-42H,1-2H3. The number of hydrogen-bond donors (Lipinski definition) is 0. The van der Waals surface area contributed by atoms with Gasteiger partial charge in [0.05, 0.1) is 22.1 Å². The van der Waals surface area contributed by atoms with Gasteiger partial charge in [0.15, 0.2) is 0 Å². The van der Waals surface area contributed by atoms with Crippen molar-refractivity contribution in [1.29, 1.82) is 0 Å². The Balaban J connectivity index is 0.872. The summed E-state index contributed by atoms with van der Waals surface area (Å²) < 4.78 is 15.6. The van der Waals surface area contributed by atoms with Crippen LogP contribution in [0, 0.1) is 0 Å². The molecule has 14 aromatic rings. The van der Waals surface area contributed by atoms with Crippen molar-refractivity contribution in [2.45, 2.75) is 19.3 Å². The molecule has 3 aromatic heterocycles. The van der Waals surface area contributed by atoms with Gasteiger partial charge in [-0.2, -0.15) is 0 Å². The zero-order valence-electron chi connectivity index (χ0n) is 40.3. The first-order chi connectivity index (χ1) is 35.9. The van der Waals surface area contributed by atoms with Gasteiger partial charge in [-0.25, -0.2) is 0 Å². The van der Waals surface area contributed by atoms with E-state index in [1.165, 1.54) is 55.2 Å². The van der Waals surface area contributed by atoms with Crippen LogP contribution in [0.3, 0.4) is 0 Å². The quantitative estimate of drug-likeness (QED) is 0.160.